The van der Waals surface area contributed by atoms with Gasteiger partial charge in [0.05, 0.1) is 0 Å². The Kier molecular flexibility index (Phi) is 3.27. The molecule has 3 aromatic rings. The van der Waals surface area contributed by atoms with E-state index in [-0.39, 0.29) is 11.9 Å². The van der Waals surface area contributed by atoms with Gasteiger partial charge < -0.3 is 5.73 Å². The molecule has 0 spiro atoms. The van der Waals surface area contributed by atoms with Crippen LogP contribution in [0.5, 0.6) is 0 Å². The second-order valence-electron chi connectivity index (χ2n) is 4.50. The zero-order chi connectivity index (χ0) is 13.2. The fraction of sp³-hybridized carbons (Fsp3) is 0.133. The molecule has 0 aliphatic rings. The number of rotatable bonds is 3. The van der Waals surface area contributed by atoms with Gasteiger partial charge in [0.25, 0.3) is 0 Å². The highest BCUT2D eigenvalue weighted by Crippen LogP contribution is 2.30. The number of thiophene rings is 1. The molecule has 2 aromatic heterocycles. The van der Waals surface area contributed by atoms with Gasteiger partial charge in [0, 0.05) is 28.0 Å². The number of benzene rings is 1. The van der Waals surface area contributed by atoms with Crippen LogP contribution in [0.25, 0.3) is 10.1 Å². The Labute approximate surface area is 114 Å². The minimum atomic E-state index is -0.205. The lowest BCUT2D eigenvalue weighted by atomic mass is 10.1. The van der Waals surface area contributed by atoms with E-state index < -0.39 is 0 Å². The largest absolute Gasteiger partial charge is 0.323 e. The first-order chi connectivity index (χ1) is 9.22. The highest BCUT2D eigenvalue weighted by Gasteiger charge is 2.11. The molecule has 1 atom stereocenters. The molecule has 0 radical (unpaired) electrons. The normalized spacial score (nSPS) is 12.7. The van der Waals surface area contributed by atoms with Gasteiger partial charge in [-0.1, -0.05) is 6.07 Å². The summed E-state index contributed by atoms with van der Waals surface area (Å²) in [7, 11) is 0. The van der Waals surface area contributed by atoms with Crippen LogP contribution in [0.15, 0.2) is 48.8 Å². The van der Waals surface area contributed by atoms with Gasteiger partial charge in [-0.15, -0.1) is 11.3 Å². The van der Waals surface area contributed by atoms with Crippen LogP contribution in [-0.4, -0.2) is 4.98 Å². The van der Waals surface area contributed by atoms with Gasteiger partial charge in [0.2, 0.25) is 0 Å². The summed E-state index contributed by atoms with van der Waals surface area (Å²) >= 11 is 1.56. The molecule has 96 valence electrons. The number of nitrogens with zero attached hydrogens (tertiary/aromatic N) is 1. The number of fused-ring (bicyclic) bond motifs is 1. The van der Waals surface area contributed by atoms with Crippen molar-refractivity contribution in [3.63, 3.8) is 0 Å². The van der Waals surface area contributed by atoms with E-state index in [1.54, 1.807) is 35.9 Å². The van der Waals surface area contributed by atoms with Crippen molar-refractivity contribution in [2.45, 2.75) is 12.5 Å². The highest BCUT2D eigenvalue weighted by molar-refractivity contribution is 7.19. The zero-order valence-corrected chi connectivity index (χ0v) is 11.0. The molecule has 0 fully saturated rings. The quantitative estimate of drug-likeness (QED) is 0.790. The summed E-state index contributed by atoms with van der Waals surface area (Å²) in [5.41, 5.74) is 7.38. The highest BCUT2D eigenvalue weighted by atomic mass is 32.1. The monoisotopic (exact) mass is 272 g/mol. The summed E-state index contributed by atoms with van der Waals surface area (Å²) in [6.07, 6.45) is 4.29. The fourth-order valence-corrected chi connectivity index (χ4v) is 3.17. The molecular formula is C15H13FN2S. The van der Waals surface area contributed by atoms with E-state index in [0.29, 0.717) is 0 Å². The fourth-order valence-electron chi connectivity index (χ4n) is 2.08. The summed E-state index contributed by atoms with van der Waals surface area (Å²) in [4.78, 5) is 5.07. The molecule has 0 aliphatic heterocycles. The van der Waals surface area contributed by atoms with Crippen molar-refractivity contribution in [2.24, 2.45) is 5.73 Å². The Morgan fingerprint density at radius 3 is 2.74 bits per heavy atom. The molecular weight excluding hydrogens is 259 g/mol. The van der Waals surface area contributed by atoms with Crippen LogP contribution in [0.2, 0.25) is 0 Å². The number of aromatic nitrogens is 1. The molecule has 0 saturated carbocycles. The molecule has 2 heterocycles. The Morgan fingerprint density at radius 1 is 1.16 bits per heavy atom. The molecule has 0 bridgehead atoms. The molecule has 0 aliphatic carbocycles. The number of hydrogen-bond acceptors (Lipinski definition) is 3. The van der Waals surface area contributed by atoms with Crippen molar-refractivity contribution in [1.29, 1.82) is 0 Å². The van der Waals surface area contributed by atoms with E-state index in [2.05, 4.69) is 4.98 Å². The third-order valence-corrected chi connectivity index (χ3v) is 4.30. The molecule has 1 aromatic carbocycles. The van der Waals surface area contributed by atoms with E-state index in [9.17, 15) is 4.39 Å². The maximum absolute atomic E-state index is 13.2. The zero-order valence-electron chi connectivity index (χ0n) is 10.2. The van der Waals surface area contributed by atoms with Crippen LogP contribution in [0.3, 0.4) is 0 Å². The first kappa shape index (κ1) is 12.3. The molecule has 1 unspecified atom stereocenters. The first-order valence-corrected chi connectivity index (χ1v) is 6.87. The van der Waals surface area contributed by atoms with E-state index in [1.807, 2.05) is 18.2 Å². The molecule has 2 N–H and O–H groups in total. The molecule has 4 heteroatoms. The minimum absolute atomic E-state index is 0.0668. The average Bonchev–Trinajstić information content (AvgIpc) is 2.83. The van der Waals surface area contributed by atoms with E-state index >= 15 is 0 Å². The smallest absolute Gasteiger partial charge is 0.124 e. The lowest BCUT2D eigenvalue weighted by Crippen LogP contribution is -2.11. The van der Waals surface area contributed by atoms with Crippen molar-refractivity contribution in [3.8, 4) is 0 Å². The van der Waals surface area contributed by atoms with Crippen molar-refractivity contribution in [2.75, 3.05) is 0 Å². The van der Waals surface area contributed by atoms with Crippen LogP contribution in [0.4, 0.5) is 4.39 Å². The summed E-state index contributed by atoms with van der Waals surface area (Å²) in [6.45, 7) is 0. The predicted octanol–water partition coefficient (Wildman–Crippen LogP) is 3.68. The van der Waals surface area contributed by atoms with Gasteiger partial charge in [-0.05, 0) is 47.7 Å². The number of halogens is 1. The number of hydrogen-bond donors (Lipinski definition) is 1. The summed E-state index contributed by atoms with van der Waals surface area (Å²) in [6, 6.07) is 10.7. The molecule has 19 heavy (non-hydrogen) atoms. The van der Waals surface area contributed by atoms with E-state index in [4.69, 9.17) is 5.73 Å². The Morgan fingerprint density at radius 2 is 1.95 bits per heavy atom. The second kappa shape index (κ2) is 5.07. The third kappa shape index (κ3) is 2.64. The minimum Gasteiger partial charge on any atom is -0.323 e. The second-order valence-corrected chi connectivity index (χ2v) is 5.61. The third-order valence-electron chi connectivity index (χ3n) is 3.07. The van der Waals surface area contributed by atoms with Gasteiger partial charge in [0.1, 0.15) is 5.82 Å². The van der Waals surface area contributed by atoms with Crippen LogP contribution in [0, 0.1) is 5.82 Å². The maximum atomic E-state index is 13.2. The SMILES string of the molecule is NC(Cc1ccncc1)c1cc2ccc(F)cc2s1. The molecule has 2 nitrogen and oxygen atoms in total. The first-order valence-electron chi connectivity index (χ1n) is 6.06. The van der Waals surface area contributed by atoms with Gasteiger partial charge in [-0.25, -0.2) is 4.39 Å². The summed E-state index contributed by atoms with van der Waals surface area (Å²) < 4.78 is 14.1. The lowest BCUT2D eigenvalue weighted by Gasteiger charge is -2.08. The topological polar surface area (TPSA) is 38.9 Å². The summed E-state index contributed by atoms with van der Waals surface area (Å²) in [5.74, 6) is -0.205. The van der Waals surface area contributed by atoms with Gasteiger partial charge in [0.15, 0.2) is 0 Å². The van der Waals surface area contributed by atoms with Gasteiger partial charge >= 0.3 is 0 Å². The van der Waals surface area contributed by atoms with Crippen LogP contribution in [0.1, 0.15) is 16.5 Å². The van der Waals surface area contributed by atoms with Crippen LogP contribution >= 0.6 is 11.3 Å². The predicted molar refractivity (Wildman–Crippen MR) is 76.7 cm³/mol. The van der Waals surface area contributed by atoms with Crippen LogP contribution in [-0.2, 0) is 6.42 Å². The van der Waals surface area contributed by atoms with Gasteiger partial charge in [-0.3, -0.25) is 4.98 Å². The standard InChI is InChI=1S/C15H13FN2S/c16-12-2-1-11-8-15(19-14(11)9-12)13(17)7-10-3-5-18-6-4-10/h1-6,8-9,13H,7,17H2. The van der Waals surface area contributed by atoms with Crippen molar-refractivity contribution in [1.82, 2.24) is 4.98 Å². The average molecular weight is 272 g/mol. The Hall–Kier alpha value is -1.78. The van der Waals surface area contributed by atoms with Crippen molar-refractivity contribution < 1.29 is 4.39 Å². The number of pyridine rings is 1. The van der Waals surface area contributed by atoms with Crippen molar-refractivity contribution >= 4 is 21.4 Å². The molecule has 0 amide bonds. The lowest BCUT2D eigenvalue weighted by molar-refractivity contribution is 0.630. The van der Waals surface area contributed by atoms with Crippen molar-refractivity contribution in [3.05, 3.63) is 65.0 Å². The Bertz CT molecular complexity index is 694. The summed E-state index contributed by atoms with van der Waals surface area (Å²) in [5, 5.41) is 1.05. The van der Waals surface area contributed by atoms with Gasteiger partial charge in [-0.2, -0.15) is 0 Å². The van der Waals surface area contributed by atoms with Crippen LogP contribution < -0.4 is 5.73 Å². The maximum Gasteiger partial charge on any atom is 0.124 e. The molecule has 3 rings (SSSR count). The Balaban J connectivity index is 1.87. The number of nitrogens with two attached hydrogens (primary N) is 1. The van der Waals surface area contributed by atoms with E-state index in [0.717, 1.165) is 26.9 Å². The van der Waals surface area contributed by atoms with E-state index in [1.165, 1.54) is 6.07 Å². The molecule has 0 saturated heterocycles.